The van der Waals surface area contributed by atoms with Crippen LogP contribution in [0.4, 0.5) is 10.5 Å². The number of nitrogens with one attached hydrogen (secondary N) is 2. The van der Waals surface area contributed by atoms with E-state index in [2.05, 4.69) is 9.71 Å². The lowest BCUT2D eigenvalue weighted by Gasteiger charge is -2.19. The highest BCUT2D eigenvalue weighted by Crippen LogP contribution is 2.42. The van der Waals surface area contributed by atoms with Gasteiger partial charge in [0.25, 0.3) is 10.0 Å². The second kappa shape index (κ2) is 9.11. The van der Waals surface area contributed by atoms with Gasteiger partial charge < -0.3 is 14.8 Å². The minimum Gasteiger partial charge on any atom is -0.449 e. The van der Waals surface area contributed by atoms with Gasteiger partial charge in [-0.05, 0) is 53.4 Å². The number of carbonyl (C=O) groups is 1. The van der Waals surface area contributed by atoms with Gasteiger partial charge in [0.15, 0.2) is 0 Å². The van der Waals surface area contributed by atoms with Crippen molar-refractivity contribution in [3.8, 4) is 17.0 Å². The number of fused-ring (bicyclic) bond motifs is 1. The smallest absolute Gasteiger partial charge is 0.449 e. The van der Waals surface area contributed by atoms with Gasteiger partial charge in [-0.2, -0.15) is 0 Å². The van der Waals surface area contributed by atoms with Crippen LogP contribution in [0, 0.1) is 0 Å². The third kappa shape index (κ3) is 5.24. The van der Waals surface area contributed by atoms with Gasteiger partial charge in [-0.15, -0.1) is 0 Å². The highest BCUT2D eigenvalue weighted by Gasteiger charge is 2.22. The Morgan fingerprint density at radius 3 is 2.29 bits per heavy atom. The third-order valence-corrected chi connectivity index (χ3v) is 7.38. The Balaban J connectivity index is 1.78. The van der Waals surface area contributed by atoms with Gasteiger partial charge >= 0.3 is 6.16 Å². The number of anilines is 1. The normalized spacial score (nSPS) is 12.0. The first-order valence-electron chi connectivity index (χ1n) is 10.5. The van der Waals surface area contributed by atoms with Gasteiger partial charge in [0.2, 0.25) is 5.88 Å². The molecule has 3 N–H and O–H groups in total. The van der Waals surface area contributed by atoms with E-state index in [1.165, 1.54) is 6.07 Å². The Kier molecular flexibility index (Phi) is 6.48. The van der Waals surface area contributed by atoms with Gasteiger partial charge in [0.05, 0.1) is 15.5 Å². The molecule has 182 valence electrons. The number of aromatic amines is 1. The minimum atomic E-state index is -3.88. The summed E-state index contributed by atoms with van der Waals surface area (Å²) in [6, 6.07) is 16.3. The molecule has 0 spiro atoms. The van der Waals surface area contributed by atoms with Gasteiger partial charge in [0.1, 0.15) is 0 Å². The number of benzene rings is 3. The summed E-state index contributed by atoms with van der Waals surface area (Å²) in [6.45, 7) is 6.15. The second-order valence-corrected chi connectivity index (χ2v) is 11.5. The molecule has 10 heteroatoms. The van der Waals surface area contributed by atoms with Crippen molar-refractivity contribution < 1.29 is 23.1 Å². The van der Waals surface area contributed by atoms with Crippen LogP contribution in [0.15, 0.2) is 65.6 Å². The van der Waals surface area contributed by atoms with Crippen molar-refractivity contribution in [3.63, 3.8) is 0 Å². The summed E-state index contributed by atoms with van der Waals surface area (Å²) in [5, 5.41) is 10.4. The van der Waals surface area contributed by atoms with E-state index >= 15 is 0 Å². The number of halogens is 2. The summed E-state index contributed by atoms with van der Waals surface area (Å²) >= 11 is 12.4. The fraction of sp³-hybridized carbons (Fsp3) is 0.160. The molecule has 0 aliphatic heterocycles. The van der Waals surface area contributed by atoms with Crippen molar-refractivity contribution >= 4 is 56.0 Å². The average Bonchev–Trinajstić information content (AvgIpc) is 3.09. The molecule has 1 aromatic heterocycles. The molecule has 0 radical (unpaired) electrons. The number of hydrogen-bond acceptors (Lipinski definition) is 4. The van der Waals surface area contributed by atoms with Crippen molar-refractivity contribution in [2.75, 3.05) is 4.72 Å². The van der Waals surface area contributed by atoms with Crippen LogP contribution in [-0.2, 0) is 15.4 Å². The molecule has 0 amide bonds. The van der Waals surface area contributed by atoms with Crippen LogP contribution in [0.3, 0.4) is 0 Å². The maximum atomic E-state index is 13.0. The maximum Gasteiger partial charge on any atom is 0.512 e. The molecular formula is C25H22Cl2N2O5S. The zero-order valence-corrected chi connectivity index (χ0v) is 21.3. The third-order valence-electron chi connectivity index (χ3n) is 5.44. The van der Waals surface area contributed by atoms with Crippen LogP contribution in [0.25, 0.3) is 22.0 Å². The molecule has 3 aromatic carbocycles. The molecule has 0 aliphatic carbocycles. The number of rotatable bonds is 5. The molecule has 0 aliphatic rings. The summed E-state index contributed by atoms with van der Waals surface area (Å²) in [5.74, 6) is -0.0468. The Morgan fingerprint density at radius 1 is 1.00 bits per heavy atom. The largest absolute Gasteiger partial charge is 0.512 e. The van der Waals surface area contributed by atoms with Gasteiger partial charge in [-0.3, -0.25) is 4.72 Å². The van der Waals surface area contributed by atoms with E-state index in [1.54, 1.807) is 54.6 Å². The highest BCUT2D eigenvalue weighted by molar-refractivity contribution is 7.92. The van der Waals surface area contributed by atoms with E-state index in [9.17, 15) is 18.3 Å². The number of ether oxygens (including phenoxy) is 1. The van der Waals surface area contributed by atoms with Crippen LogP contribution < -0.4 is 9.46 Å². The van der Waals surface area contributed by atoms with Crippen LogP contribution >= 0.6 is 23.2 Å². The van der Waals surface area contributed by atoms with E-state index in [0.717, 1.165) is 5.56 Å². The van der Waals surface area contributed by atoms with Gasteiger partial charge in [0, 0.05) is 27.2 Å². The lowest BCUT2D eigenvalue weighted by atomic mass is 9.87. The van der Waals surface area contributed by atoms with Crippen molar-refractivity contribution in [2.24, 2.45) is 0 Å². The predicted octanol–water partition coefficient (Wildman–Crippen LogP) is 7.30. The molecule has 0 bridgehead atoms. The number of hydrogen-bond donors (Lipinski definition) is 3. The molecule has 35 heavy (non-hydrogen) atoms. The maximum absolute atomic E-state index is 13.0. The predicted molar refractivity (Wildman–Crippen MR) is 138 cm³/mol. The molecule has 7 nitrogen and oxygen atoms in total. The van der Waals surface area contributed by atoms with Crippen LogP contribution in [0.2, 0.25) is 10.0 Å². The number of carboxylic acid groups (broad SMARTS) is 1. The van der Waals surface area contributed by atoms with Crippen LogP contribution in [-0.4, -0.2) is 24.7 Å². The first-order chi connectivity index (χ1) is 16.3. The van der Waals surface area contributed by atoms with E-state index in [-0.39, 0.29) is 26.9 Å². The molecule has 0 fully saturated rings. The molecule has 4 rings (SSSR count). The lowest BCUT2D eigenvalue weighted by molar-refractivity contribution is 0.143. The average molecular weight is 533 g/mol. The Hall–Kier alpha value is -3.20. The summed E-state index contributed by atoms with van der Waals surface area (Å²) in [5.41, 5.74) is 2.55. The minimum absolute atomic E-state index is 0.0468. The fourth-order valence-corrected chi connectivity index (χ4v) is 5.25. The quantitative estimate of drug-likeness (QED) is 0.233. The van der Waals surface area contributed by atoms with E-state index in [1.807, 2.05) is 20.8 Å². The molecule has 0 unspecified atom stereocenters. The molecular weight excluding hydrogens is 511 g/mol. The summed E-state index contributed by atoms with van der Waals surface area (Å²) in [6.07, 6.45) is -1.51. The van der Waals surface area contributed by atoms with Crippen molar-refractivity contribution in [1.29, 1.82) is 0 Å². The van der Waals surface area contributed by atoms with Gasteiger partial charge in [-0.1, -0.05) is 62.2 Å². The van der Waals surface area contributed by atoms with Crippen LogP contribution in [0.5, 0.6) is 5.88 Å². The number of sulfonamides is 1. The number of aromatic nitrogens is 1. The van der Waals surface area contributed by atoms with E-state index in [0.29, 0.717) is 27.1 Å². The zero-order valence-electron chi connectivity index (χ0n) is 19.0. The standard InChI is InChI=1S/C25H22Cl2N2O5S/c1-25(2,3)14-4-8-17(9-5-14)35(32,33)29-16-7-11-21-19(13-16)22(23(28-21)34-24(30)31)18-10-6-15(26)12-20(18)27/h4-13,28-29H,1-3H3,(H,30,31). The second-order valence-electron chi connectivity index (χ2n) is 8.96. The topological polar surface area (TPSA) is 108 Å². The van der Waals surface area contributed by atoms with E-state index < -0.39 is 16.2 Å². The van der Waals surface area contributed by atoms with E-state index in [4.69, 9.17) is 27.9 Å². The summed E-state index contributed by atoms with van der Waals surface area (Å²) in [4.78, 5) is 14.3. The summed E-state index contributed by atoms with van der Waals surface area (Å²) in [7, 11) is -3.88. The first-order valence-corrected chi connectivity index (χ1v) is 12.7. The first kappa shape index (κ1) is 24.9. The van der Waals surface area contributed by atoms with Crippen molar-refractivity contribution in [3.05, 3.63) is 76.3 Å². The molecule has 4 aromatic rings. The van der Waals surface area contributed by atoms with Crippen LogP contribution in [0.1, 0.15) is 26.3 Å². The fourth-order valence-electron chi connectivity index (χ4n) is 3.70. The molecule has 0 atom stereocenters. The summed E-state index contributed by atoms with van der Waals surface area (Å²) < 4.78 is 33.6. The lowest BCUT2D eigenvalue weighted by Crippen LogP contribution is -2.14. The highest BCUT2D eigenvalue weighted by atomic mass is 35.5. The molecule has 0 saturated heterocycles. The SMILES string of the molecule is CC(C)(C)c1ccc(S(=O)(=O)Nc2ccc3[nH]c(OC(=O)O)c(-c4ccc(Cl)cc4Cl)c3c2)cc1. The zero-order chi connectivity index (χ0) is 25.5. The number of H-pyrrole nitrogens is 1. The molecule has 1 heterocycles. The van der Waals surface area contributed by atoms with Gasteiger partial charge in [-0.25, -0.2) is 13.2 Å². The van der Waals surface area contributed by atoms with Crippen molar-refractivity contribution in [2.45, 2.75) is 31.1 Å². The Labute approximate surface area is 212 Å². The Morgan fingerprint density at radius 2 is 1.69 bits per heavy atom. The Bertz CT molecular complexity index is 1540. The molecule has 0 saturated carbocycles. The monoisotopic (exact) mass is 532 g/mol. The van der Waals surface area contributed by atoms with Crippen molar-refractivity contribution in [1.82, 2.24) is 4.98 Å².